The summed E-state index contributed by atoms with van der Waals surface area (Å²) in [4.78, 5) is 12.4. The molecule has 0 spiro atoms. The predicted molar refractivity (Wildman–Crippen MR) is 111 cm³/mol. The van der Waals surface area contributed by atoms with Crippen molar-refractivity contribution in [3.05, 3.63) is 30.1 Å². The molecule has 0 saturated heterocycles. The maximum absolute atomic E-state index is 14.3. The minimum Gasteiger partial charge on any atom is -0.353 e. The fraction of sp³-hybridized carbons (Fsp3) is 0.571. The highest BCUT2D eigenvalue weighted by molar-refractivity contribution is 7.99. The SMILES string of the molecule is CC(C)Cn1c(SCC(=O)NC2CCCCCC2)nnc1-c1ccccc1F. The number of aromatic nitrogens is 3. The van der Waals surface area contributed by atoms with Crippen LogP contribution in [-0.2, 0) is 11.3 Å². The van der Waals surface area contributed by atoms with Crippen molar-refractivity contribution in [2.75, 3.05) is 5.75 Å². The van der Waals surface area contributed by atoms with Gasteiger partial charge in [-0.25, -0.2) is 4.39 Å². The van der Waals surface area contributed by atoms with Gasteiger partial charge in [0.15, 0.2) is 11.0 Å². The molecule has 1 aliphatic carbocycles. The molecule has 7 heteroatoms. The molecule has 3 rings (SSSR count). The van der Waals surface area contributed by atoms with E-state index in [1.54, 1.807) is 18.2 Å². The summed E-state index contributed by atoms with van der Waals surface area (Å²) < 4.78 is 16.2. The molecular formula is C21H29FN4OS. The smallest absolute Gasteiger partial charge is 0.230 e. The van der Waals surface area contributed by atoms with Gasteiger partial charge in [0.25, 0.3) is 0 Å². The molecule has 5 nitrogen and oxygen atoms in total. The van der Waals surface area contributed by atoms with Crippen molar-refractivity contribution in [1.29, 1.82) is 0 Å². The molecular weight excluding hydrogens is 375 g/mol. The standard InChI is InChI=1S/C21H29FN4OS/c1-15(2)13-26-20(17-11-7-8-12-18(17)22)24-25-21(26)28-14-19(27)23-16-9-5-3-4-6-10-16/h7-8,11-12,15-16H,3-6,9-10,13-14H2,1-2H3,(H,23,27). The molecule has 28 heavy (non-hydrogen) atoms. The number of nitrogens with zero attached hydrogens (tertiary/aromatic N) is 3. The molecule has 1 N–H and O–H groups in total. The van der Waals surface area contributed by atoms with Crippen molar-refractivity contribution in [1.82, 2.24) is 20.1 Å². The molecule has 1 aliphatic rings. The van der Waals surface area contributed by atoms with Crippen LogP contribution in [-0.4, -0.2) is 32.5 Å². The number of carbonyl (C=O) groups excluding carboxylic acids is 1. The first-order chi connectivity index (χ1) is 13.5. The molecule has 0 atom stereocenters. The van der Waals surface area contributed by atoms with Crippen LogP contribution in [0, 0.1) is 11.7 Å². The molecule has 152 valence electrons. The summed E-state index contributed by atoms with van der Waals surface area (Å²) in [7, 11) is 0. The van der Waals surface area contributed by atoms with Crippen molar-refractivity contribution in [3.63, 3.8) is 0 Å². The second-order valence-corrected chi connectivity index (χ2v) is 8.78. The van der Waals surface area contributed by atoms with Gasteiger partial charge in [-0.3, -0.25) is 4.79 Å². The molecule has 0 bridgehead atoms. The van der Waals surface area contributed by atoms with E-state index in [2.05, 4.69) is 29.4 Å². The summed E-state index contributed by atoms with van der Waals surface area (Å²) in [6.45, 7) is 4.86. The lowest BCUT2D eigenvalue weighted by Crippen LogP contribution is -2.35. The van der Waals surface area contributed by atoms with Gasteiger partial charge in [0.2, 0.25) is 5.91 Å². The highest BCUT2D eigenvalue weighted by Crippen LogP contribution is 2.27. The molecule has 0 aliphatic heterocycles. The van der Waals surface area contributed by atoms with Gasteiger partial charge >= 0.3 is 0 Å². The Bertz CT molecular complexity index is 784. The molecule has 1 amide bonds. The zero-order chi connectivity index (χ0) is 19.9. The molecule has 1 heterocycles. The maximum atomic E-state index is 14.3. The number of rotatable bonds is 7. The molecule has 0 unspecified atom stereocenters. The fourth-order valence-electron chi connectivity index (χ4n) is 3.59. The summed E-state index contributed by atoms with van der Waals surface area (Å²) in [6.07, 6.45) is 7.03. The number of benzene rings is 1. The first kappa shape index (κ1) is 20.8. The number of carbonyl (C=O) groups is 1. The average molecular weight is 405 g/mol. The van der Waals surface area contributed by atoms with Crippen LogP contribution in [0.5, 0.6) is 0 Å². The number of hydrogen-bond acceptors (Lipinski definition) is 4. The van der Waals surface area contributed by atoms with E-state index in [1.807, 2.05) is 4.57 Å². The lowest BCUT2D eigenvalue weighted by Gasteiger charge is -2.16. The van der Waals surface area contributed by atoms with Crippen LogP contribution in [0.4, 0.5) is 4.39 Å². The Kier molecular flexibility index (Phi) is 7.48. The van der Waals surface area contributed by atoms with Crippen molar-refractivity contribution < 1.29 is 9.18 Å². The van der Waals surface area contributed by atoms with Crippen molar-refractivity contribution in [2.24, 2.45) is 5.92 Å². The van der Waals surface area contributed by atoms with Gasteiger partial charge in [0.05, 0.1) is 11.3 Å². The first-order valence-corrected chi connectivity index (χ1v) is 11.1. The van der Waals surface area contributed by atoms with E-state index in [4.69, 9.17) is 0 Å². The molecule has 0 radical (unpaired) electrons. The van der Waals surface area contributed by atoms with E-state index in [0.717, 1.165) is 12.8 Å². The van der Waals surface area contributed by atoms with Crippen molar-refractivity contribution in [3.8, 4) is 11.4 Å². The van der Waals surface area contributed by atoms with Gasteiger partial charge in [-0.1, -0.05) is 63.4 Å². The van der Waals surface area contributed by atoms with Crippen LogP contribution in [0.3, 0.4) is 0 Å². The van der Waals surface area contributed by atoms with Gasteiger partial charge in [-0.05, 0) is 30.9 Å². The Balaban J connectivity index is 1.69. The first-order valence-electron chi connectivity index (χ1n) is 10.1. The van der Waals surface area contributed by atoms with Crippen molar-refractivity contribution in [2.45, 2.75) is 70.1 Å². The second-order valence-electron chi connectivity index (χ2n) is 7.84. The Morgan fingerprint density at radius 2 is 1.93 bits per heavy atom. The molecule has 1 saturated carbocycles. The Morgan fingerprint density at radius 3 is 2.61 bits per heavy atom. The van der Waals surface area contributed by atoms with E-state index in [9.17, 15) is 9.18 Å². The minimum atomic E-state index is -0.317. The number of halogens is 1. The van der Waals surface area contributed by atoms with Gasteiger partial charge in [0.1, 0.15) is 5.82 Å². The number of hydrogen-bond donors (Lipinski definition) is 1. The van der Waals surface area contributed by atoms with Crippen molar-refractivity contribution >= 4 is 17.7 Å². The lowest BCUT2D eigenvalue weighted by atomic mass is 10.1. The minimum absolute atomic E-state index is 0.0310. The monoisotopic (exact) mass is 404 g/mol. The van der Waals surface area contributed by atoms with E-state index >= 15 is 0 Å². The third-order valence-corrected chi connectivity index (χ3v) is 5.90. The summed E-state index contributed by atoms with van der Waals surface area (Å²) in [5, 5.41) is 12.3. The normalized spacial score (nSPS) is 15.6. The largest absolute Gasteiger partial charge is 0.353 e. The zero-order valence-corrected chi connectivity index (χ0v) is 17.5. The third-order valence-electron chi connectivity index (χ3n) is 4.93. The summed E-state index contributed by atoms with van der Waals surface area (Å²) in [5.74, 6) is 0.870. The number of thioether (sulfide) groups is 1. The van der Waals surface area contributed by atoms with Gasteiger partial charge in [-0.15, -0.1) is 10.2 Å². The summed E-state index contributed by atoms with van der Waals surface area (Å²) in [5.41, 5.74) is 0.436. The van der Waals surface area contributed by atoms with E-state index < -0.39 is 0 Å². The van der Waals surface area contributed by atoms with Crippen LogP contribution >= 0.6 is 11.8 Å². The molecule has 1 aromatic heterocycles. The van der Waals surface area contributed by atoms with Gasteiger partial charge in [-0.2, -0.15) is 0 Å². The summed E-state index contributed by atoms with van der Waals surface area (Å²) >= 11 is 1.37. The lowest BCUT2D eigenvalue weighted by molar-refractivity contribution is -0.119. The second kappa shape index (κ2) is 10.0. The maximum Gasteiger partial charge on any atom is 0.230 e. The average Bonchev–Trinajstić information content (AvgIpc) is 2.86. The fourth-order valence-corrected chi connectivity index (χ4v) is 4.35. The number of amides is 1. The topological polar surface area (TPSA) is 59.8 Å². The van der Waals surface area contributed by atoms with Crippen LogP contribution in [0.1, 0.15) is 52.4 Å². The number of nitrogens with one attached hydrogen (secondary N) is 1. The highest BCUT2D eigenvalue weighted by Gasteiger charge is 2.20. The van der Waals surface area contributed by atoms with Crippen LogP contribution < -0.4 is 5.32 Å². The van der Waals surface area contributed by atoms with Crippen LogP contribution in [0.2, 0.25) is 0 Å². The quantitative estimate of drug-likeness (QED) is 0.538. The highest BCUT2D eigenvalue weighted by atomic mass is 32.2. The third kappa shape index (κ3) is 5.56. The van der Waals surface area contributed by atoms with E-state index in [0.29, 0.717) is 34.8 Å². The molecule has 1 aromatic carbocycles. The van der Waals surface area contributed by atoms with Crippen LogP contribution in [0.25, 0.3) is 11.4 Å². The predicted octanol–water partition coefficient (Wildman–Crippen LogP) is 4.67. The van der Waals surface area contributed by atoms with Gasteiger partial charge in [0, 0.05) is 12.6 Å². The zero-order valence-electron chi connectivity index (χ0n) is 16.7. The van der Waals surface area contributed by atoms with E-state index in [1.165, 1.54) is 43.5 Å². The molecule has 2 aromatic rings. The Labute approximate surface area is 170 Å². The summed E-state index contributed by atoms with van der Waals surface area (Å²) in [6, 6.07) is 6.88. The molecule has 1 fully saturated rings. The Morgan fingerprint density at radius 1 is 1.21 bits per heavy atom. The van der Waals surface area contributed by atoms with Gasteiger partial charge < -0.3 is 9.88 Å². The van der Waals surface area contributed by atoms with Crippen LogP contribution in [0.15, 0.2) is 29.4 Å². The van der Waals surface area contributed by atoms with E-state index in [-0.39, 0.29) is 17.8 Å². The Hall–Kier alpha value is -1.89.